The van der Waals surface area contributed by atoms with Gasteiger partial charge in [0.2, 0.25) is 5.82 Å². The lowest BCUT2D eigenvalue weighted by atomic mass is 10.2. The largest absolute Gasteiger partial charge is 0.370 e. The van der Waals surface area contributed by atoms with Crippen LogP contribution in [0.15, 0.2) is 48.7 Å². The molecule has 1 aromatic carbocycles. The molecule has 0 spiro atoms. The highest BCUT2D eigenvalue weighted by atomic mass is 15.6. The topological polar surface area (TPSA) is 68.5 Å². The van der Waals surface area contributed by atoms with Gasteiger partial charge in [0, 0.05) is 23.9 Å². The van der Waals surface area contributed by atoms with Gasteiger partial charge in [-0.3, -0.25) is 0 Å². The Balaban J connectivity index is 1.82. The molecule has 0 atom stereocenters. The summed E-state index contributed by atoms with van der Waals surface area (Å²) in [7, 11) is 0. The summed E-state index contributed by atoms with van der Waals surface area (Å²) in [5.74, 6) is 1.49. The Morgan fingerprint density at radius 1 is 1.10 bits per heavy atom. The van der Waals surface area contributed by atoms with E-state index in [0.717, 1.165) is 23.5 Å². The van der Waals surface area contributed by atoms with Crippen LogP contribution in [-0.4, -0.2) is 31.7 Å². The first-order valence-corrected chi connectivity index (χ1v) is 6.88. The van der Waals surface area contributed by atoms with Gasteiger partial charge in [0.05, 0.1) is 6.54 Å². The Labute approximate surface area is 122 Å². The summed E-state index contributed by atoms with van der Waals surface area (Å²) in [4.78, 5) is 5.91. The van der Waals surface area contributed by atoms with E-state index in [2.05, 4.69) is 25.7 Å². The maximum atomic E-state index is 4.42. The zero-order valence-electron chi connectivity index (χ0n) is 11.8. The van der Waals surface area contributed by atoms with Crippen LogP contribution in [0.3, 0.4) is 0 Å². The van der Waals surface area contributed by atoms with E-state index < -0.39 is 0 Å². The molecule has 3 aromatic rings. The predicted octanol–water partition coefficient (Wildman–Crippen LogP) is 2.22. The molecule has 0 saturated heterocycles. The molecule has 6 nitrogen and oxygen atoms in total. The Bertz CT molecular complexity index is 707. The average Bonchev–Trinajstić information content (AvgIpc) is 2.99. The van der Waals surface area contributed by atoms with Crippen molar-refractivity contribution in [2.45, 2.75) is 13.5 Å². The molecule has 0 aliphatic heterocycles. The van der Waals surface area contributed by atoms with Gasteiger partial charge in [0.15, 0.2) is 0 Å². The fraction of sp³-hybridized carbons (Fsp3) is 0.200. The number of nitrogens with zero attached hydrogens (tertiary/aromatic N) is 5. The van der Waals surface area contributed by atoms with Crippen molar-refractivity contribution in [3.05, 3.63) is 54.2 Å². The van der Waals surface area contributed by atoms with Crippen LogP contribution < -0.4 is 5.32 Å². The highest BCUT2D eigenvalue weighted by molar-refractivity contribution is 5.53. The molecule has 0 saturated carbocycles. The van der Waals surface area contributed by atoms with Gasteiger partial charge in [-0.05, 0) is 18.2 Å². The molecule has 2 heterocycles. The summed E-state index contributed by atoms with van der Waals surface area (Å²) in [6, 6.07) is 13.7. The van der Waals surface area contributed by atoms with Crippen LogP contribution in [0, 0.1) is 0 Å². The second kappa shape index (κ2) is 6.13. The molecule has 0 radical (unpaired) electrons. The molecule has 0 aliphatic carbocycles. The van der Waals surface area contributed by atoms with E-state index in [0.29, 0.717) is 12.4 Å². The summed E-state index contributed by atoms with van der Waals surface area (Å²) in [6.07, 6.45) is 1.77. The van der Waals surface area contributed by atoms with Crippen molar-refractivity contribution >= 4 is 5.82 Å². The van der Waals surface area contributed by atoms with Crippen LogP contribution in [-0.2, 0) is 6.54 Å². The van der Waals surface area contributed by atoms with Crippen molar-refractivity contribution < 1.29 is 0 Å². The summed E-state index contributed by atoms with van der Waals surface area (Å²) in [5.41, 5.74) is 2.00. The van der Waals surface area contributed by atoms with Crippen LogP contribution in [0.1, 0.15) is 12.5 Å². The van der Waals surface area contributed by atoms with Crippen molar-refractivity contribution in [2.24, 2.45) is 0 Å². The SMILES string of the molecule is CCNc1ncccc1Cn1nnc(-c2ccccc2)n1. The fourth-order valence-electron chi connectivity index (χ4n) is 2.06. The molecule has 6 heteroatoms. The first-order chi connectivity index (χ1) is 10.4. The van der Waals surface area contributed by atoms with Gasteiger partial charge >= 0.3 is 0 Å². The number of anilines is 1. The van der Waals surface area contributed by atoms with Gasteiger partial charge in [-0.1, -0.05) is 36.4 Å². The third kappa shape index (κ3) is 3.05. The molecule has 0 aliphatic rings. The zero-order chi connectivity index (χ0) is 14.5. The van der Waals surface area contributed by atoms with E-state index in [1.165, 1.54) is 0 Å². The Morgan fingerprint density at radius 3 is 2.76 bits per heavy atom. The van der Waals surface area contributed by atoms with Crippen LogP contribution in [0.5, 0.6) is 0 Å². The van der Waals surface area contributed by atoms with Gasteiger partial charge in [-0.15, -0.1) is 10.2 Å². The van der Waals surface area contributed by atoms with Gasteiger partial charge in [-0.2, -0.15) is 4.80 Å². The van der Waals surface area contributed by atoms with E-state index in [4.69, 9.17) is 0 Å². The quantitative estimate of drug-likeness (QED) is 0.776. The molecular formula is C15H16N6. The third-order valence-corrected chi connectivity index (χ3v) is 3.03. The lowest BCUT2D eigenvalue weighted by Crippen LogP contribution is -2.09. The van der Waals surface area contributed by atoms with E-state index in [1.54, 1.807) is 11.0 Å². The maximum absolute atomic E-state index is 4.42. The number of pyridine rings is 1. The number of aromatic nitrogens is 5. The van der Waals surface area contributed by atoms with Gasteiger partial charge in [-0.25, -0.2) is 4.98 Å². The molecule has 0 amide bonds. The van der Waals surface area contributed by atoms with Crippen LogP contribution in [0.25, 0.3) is 11.4 Å². The van der Waals surface area contributed by atoms with Gasteiger partial charge in [0.25, 0.3) is 0 Å². The Kier molecular flexibility index (Phi) is 3.86. The van der Waals surface area contributed by atoms with E-state index in [9.17, 15) is 0 Å². The molecule has 1 N–H and O–H groups in total. The van der Waals surface area contributed by atoms with Crippen molar-refractivity contribution in [1.82, 2.24) is 25.2 Å². The maximum Gasteiger partial charge on any atom is 0.204 e. The summed E-state index contributed by atoms with van der Waals surface area (Å²) >= 11 is 0. The summed E-state index contributed by atoms with van der Waals surface area (Å²) < 4.78 is 0. The van der Waals surface area contributed by atoms with E-state index in [-0.39, 0.29) is 0 Å². The van der Waals surface area contributed by atoms with Crippen molar-refractivity contribution in [3.8, 4) is 11.4 Å². The van der Waals surface area contributed by atoms with Crippen LogP contribution in [0.4, 0.5) is 5.82 Å². The van der Waals surface area contributed by atoms with Crippen LogP contribution in [0.2, 0.25) is 0 Å². The monoisotopic (exact) mass is 280 g/mol. The molecule has 0 unspecified atom stereocenters. The zero-order valence-corrected chi connectivity index (χ0v) is 11.8. The lowest BCUT2D eigenvalue weighted by molar-refractivity contribution is 0.572. The average molecular weight is 280 g/mol. The minimum atomic E-state index is 0.538. The molecule has 106 valence electrons. The van der Waals surface area contributed by atoms with E-state index in [1.807, 2.05) is 49.4 Å². The predicted molar refractivity (Wildman–Crippen MR) is 80.8 cm³/mol. The number of benzene rings is 1. The Hall–Kier alpha value is -2.76. The minimum absolute atomic E-state index is 0.538. The van der Waals surface area contributed by atoms with E-state index >= 15 is 0 Å². The van der Waals surface area contributed by atoms with Gasteiger partial charge < -0.3 is 5.32 Å². The molecule has 3 rings (SSSR count). The second-order valence-corrected chi connectivity index (χ2v) is 4.55. The first-order valence-electron chi connectivity index (χ1n) is 6.88. The summed E-state index contributed by atoms with van der Waals surface area (Å²) in [6.45, 7) is 3.40. The van der Waals surface area contributed by atoms with Crippen molar-refractivity contribution in [2.75, 3.05) is 11.9 Å². The van der Waals surface area contributed by atoms with Gasteiger partial charge in [0.1, 0.15) is 5.82 Å². The molecule has 2 aromatic heterocycles. The number of rotatable bonds is 5. The standard InChI is InChI=1S/C15H16N6/c1-2-16-14-13(9-6-10-17-14)11-21-19-15(18-20-21)12-7-4-3-5-8-12/h3-10H,2,11H2,1H3,(H,16,17). The Morgan fingerprint density at radius 2 is 1.95 bits per heavy atom. The van der Waals surface area contributed by atoms with Crippen LogP contribution >= 0.6 is 0 Å². The molecular weight excluding hydrogens is 264 g/mol. The second-order valence-electron chi connectivity index (χ2n) is 4.55. The number of hydrogen-bond acceptors (Lipinski definition) is 5. The van der Waals surface area contributed by atoms with Crippen molar-refractivity contribution in [3.63, 3.8) is 0 Å². The molecule has 0 bridgehead atoms. The van der Waals surface area contributed by atoms with Crippen molar-refractivity contribution in [1.29, 1.82) is 0 Å². The summed E-state index contributed by atoms with van der Waals surface area (Å²) in [5, 5.41) is 15.9. The molecule has 21 heavy (non-hydrogen) atoms. The smallest absolute Gasteiger partial charge is 0.204 e. The number of nitrogens with one attached hydrogen (secondary N) is 1. The highest BCUT2D eigenvalue weighted by Crippen LogP contribution is 2.14. The lowest BCUT2D eigenvalue weighted by Gasteiger charge is -2.07. The third-order valence-electron chi connectivity index (χ3n) is 3.03. The minimum Gasteiger partial charge on any atom is -0.370 e. The number of hydrogen-bond donors (Lipinski definition) is 1. The highest BCUT2D eigenvalue weighted by Gasteiger charge is 2.08. The number of tetrazole rings is 1. The molecule has 0 fully saturated rings. The fourth-order valence-corrected chi connectivity index (χ4v) is 2.06. The first kappa shape index (κ1) is 13.2. The normalized spacial score (nSPS) is 10.5.